The van der Waals surface area contributed by atoms with Crippen LogP contribution in [-0.2, 0) is 4.46 Å². The van der Waals surface area contributed by atoms with Crippen LogP contribution < -0.4 is 98.3 Å². The predicted octanol–water partition coefficient (Wildman–Crippen LogP) is -12.0. The predicted molar refractivity (Wildman–Crippen MR) is 24.1 cm³/mol. The summed E-state index contributed by atoms with van der Waals surface area (Å²) in [6.07, 6.45) is 0. The number of rotatable bonds is 0. The van der Waals surface area contributed by atoms with Gasteiger partial charge in [0.1, 0.15) is 0 Å². The van der Waals surface area contributed by atoms with Gasteiger partial charge in [0.2, 0.25) is 0 Å². The molecule has 0 saturated heterocycles. The maximum absolute atomic E-state index is 8.52. The third-order valence-electron chi connectivity index (χ3n) is 0. The zero-order chi connectivity index (χ0) is 9.58. The minimum absolute atomic E-state index is 0. The van der Waals surface area contributed by atoms with Crippen LogP contribution in [-0.4, -0.2) is 46.2 Å². The van der Waals surface area contributed by atoms with Crippen LogP contribution in [0.25, 0.3) is 0 Å². The first-order valence-electron chi connectivity index (χ1n) is 1.21. The van der Waals surface area contributed by atoms with Crippen molar-refractivity contribution in [2.45, 2.75) is 0 Å². The SMILES string of the molecule is O=[Si]([O-])[O-].OO.OO.OO.[Na+].[Na+].[Na+].[OH-]. The molecule has 0 radical (unpaired) electrons. The maximum Gasteiger partial charge on any atom is 1.00 e. The van der Waals surface area contributed by atoms with E-state index in [1.165, 1.54) is 0 Å². The summed E-state index contributed by atoms with van der Waals surface area (Å²) in [5.74, 6) is 0. The normalized spacial score (nSPS) is 3.00. The molecule has 10 nitrogen and oxygen atoms in total. The van der Waals surface area contributed by atoms with E-state index >= 15 is 0 Å². The summed E-state index contributed by atoms with van der Waals surface area (Å²) in [7, 11) is -3.63. The molecule has 0 aliphatic heterocycles. The van der Waals surface area contributed by atoms with Crippen molar-refractivity contribution in [3.63, 3.8) is 0 Å². The first-order chi connectivity index (χ1) is 4.73. The molecule has 14 heteroatoms. The molecule has 0 amide bonds. The second-order valence-corrected chi connectivity index (χ2v) is 0.750. The average molecular weight is 264 g/mol. The summed E-state index contributed by atoms with van der Waals surface area (Å²) in [6.45, 7) is 0. The van der Waals surface area contributed by atoms with Crippen molar-refractivity contribution >= 4 is 9.17 Å². The van der Waals surface area contributed by atoms with E-state index in [1.54, 1.807) is 0 Å². The van der Waals surface area contributed by atoms with Crippen LogP contribution >= 0.6 is 0 Å². The molecule has 0 unspecified atom stereocenters. The van der Waals surface area contributed by atoms with Gasteiger partial charge >= 0.3 is 88.7 Å². The van der Waals surface area contributed by atoms with Gasteiger partial charge in [-0.1, -0.05) is 0 Å². The third kappa shape index (κ3) is 467. The average Bonchev–Trinajstić information content (AvgIpc) is 1.98. The molecule has 0 aromatic rings. The third-order valence-corrected chi connectivity index (χ3v) is 0. The van der Waals surface area contributed by atoms with Crippen LogP contribution in [0.3, 0.4) is 0 Å². The summed E-state index contributed by atoms with van der Waals surface area (Å²) in [5, 5.41) is 36.0. The molecular formula is H7Na3O10Si. The van der Waals surface area contributed by atoms with Crippen molar-refractivity contribution in [1.29, 1.82) is 0 Å². The fourth-order valence-electron chi connectivity index (χ4n) is 0. The smallest absolute Gasteiger partial charge is 0.870 e. The monoisotopic (exact) mass is 264 g/mol. The Morgan fingerprint density at radius 1 is 0.714 bits per heavy atom. The number of hydrogen-bond acceptors (Lipinski definition) is 10. The van der Waals surface area contributed by atoms with Gasteiger partial charge in [0.05, 0.1) is 0 Å². The molecule has 0 fully saturated rings. The maximum atomic E-state index is 8.52. The Morgan fingerprint density at radius 2 is 0.714 bits per heavy atom. The Labute approximate surface area is 147 Å². The van der Waals surface area contributed by atoms with Crippen molar-refractivity contribution in [2.75, 3.05) is 0 Å². The summed E-state index contributed by atoms with van der Waals surface area (Å²) in [6, 6.07) is 0. The Kier molecular flexibility index (Phi) is 437. The van der Waals surface area contributed by atoms with Gasteiger partial charge in [-0.2, -0.15) is 0 Å². The van der Waals surface area contributed by atoms with Crippen LogP contribution in [0.4, 0.5) is 0 Å². The number of hydrogen-bond donors (Lipinski definition) is 6. The Morgan fingerprint density at radius 3 is 0.714 bits per heavy atom. The fourth-order valence-corrected chi connectivity index (χ4v) is 0. The molecule has 0 atom stereocenters. The van der Waals surface area contributed by atoms with Crippen molar-refractivity contribution in [3.05, 3.63) is 0 Å². The van der Waals surface area contributed by atoms with E-state index in [1.807, 2.05) is 0 Å². The molecule has 0 saturated carbocycles. The molecule has 0 spiro atoms. The minimum atomic E-state index is -3.63. The van der Waals surface area contributed by atoms with Crippen LogP contribution in [0.1, 0.15) is 0 Å². The summed E-state index contributed by atoms with van der Waals surface area (Å²) in [5.41, 5.74) is 0. The van der Waals surface area contributed by atoms with Crippen LogP contribution in [0.2, 0.25) is 0 Å². The van der Waals surface area contributed by atoms with Gasteiger partial charge < -0.3 is 19.5 Å². The standard InChI is InChI=1S/3Na.O3Si.3H2O2.H2O/c;;;1-4(2)3;3*1-2;/h;;;;3*1-2H;1H2/q3*+1;-2;;;;/p-1. The van der Waals surface area contributed by atoms with E-state index in [-0.39, 0.29) is 94.1 Å². The van der Waals surface area contributed by atoms with Crippen molar-refractivity contribution in [2.24, 2.45) is 0 Å². The summed E-state index contributed by atoms with van der Waals surface area (Å²) in [4.78, 5) is 17.0. The summed E-state index contributed by atoms with van der Waals surface area (Å²) < 4.78 is 8.52. The largest absolute Gasteiger partial charge is 1.00 e. The Balaban J connectivity index is -0.00000000550. The van der Waals surface area contributed by atoms with E-state index in [0.717, 1.165) is 0 Å². The molecule has 0 rings (SSSR count). The zero-order valence-corrected chi connectivity index (χ0v) is 14.9. The van der Waals surface area contributed by atoms with E-state index in [0.29, 0.717) is 0 Å². The van der Waals surface area contributed by atoms with E-state index < -0.39 is 9.17 Å². The van der Waals surface area contributed by atoms with Gasteiger partial charge in [0.15, 0.2) is 0 Å². The van der Waals surface area contributed by atoms with E-state index in [2.05, 4.69) is 0 Å². The second-order valence-electron chi connectivity index (χ2n) is 0.250. The second kappa shape index (κ2) is 111. The van der Waals surface area contributed by atoms with Gasteiger partial charge in [0.25, 0.3) is 0 Å². The van der Waals surface area contributed by atoms with Crippen LogP contribution in [0.15, 0.2) is 0 Å². The molecule has 14 heavy (non-hydrogen) atoms. The van der Waals surface area contributed by atoms with E-state index in [9.17, 15) is 0 Å². The Hall–Kier alpha value is 2.34. The summed E-state index contributed by atoms with van der Waals surface area (Å²) >= 11 is 0. The van der Waals surface area contributed by atoms with Gasteiger partial charge in [0, 0.05) is 9.17 Å². The topological polar surface area (TPSA) is 215 Å². The van der Waals surface area contributed by atoms with Gasteiger partial charge in [-0.15, -0.1) is 0 Å². The molecule has 0 bridgehead atoms. The van der Waals surface area contributed by atoms with Crippen LogP contribution in [0, 0.1) is 0 Å². The first kappa shape index (κ1) is 55.3. The van der Waals surface area contributed by atoms with Gasteiger partial charge in [-0.3, -0.25) is 31.5 Å². The molecular weight excluding hydrogens is 257 g/mol. The fraction of sp³-hybridized carbons (Fsp3) is 0. The molecule has 74 valence electrons. The van der Waals surface area contributed by atoms with E-state index in [4.69, 9.17) is 45.6 Å². The molecule has 0 aliphatic rings. The quantitative estimate of drug-likeness (QED) is 0.138. The van der Waals surface area contributed by atoms with Crippen molar-refractivity contribution < 1.29 is 140 Å². The van der Waals surface area contributed by atoms with Crippen molar-refractivity contribution in [3.8, 4) is 0 Å². The molecule has 0 aromatic heterocycles. The van der Waals surface area contributed by atoms with Crippen LogP contribution in [0.5, 0.6) is 0 Å². The zero-order valence-electron chi connectivity index (χ0n) is 7.86. The van der Waals surface area contributed by atoms with Gasteiger partial charge in [-0.25, -0.2) is 0 Å². The minimum Gasteiger partial charge on any atom is -0.870 e. The Bertz CT molecular complexity index is 38.3. The molecule has 7 N–H and O–H groups in total. The van der Waals surface area contributed by atoms with Crippen molar-refractivity contribution in [1.82, 2.24) is 0 Å². The molecule has 0 aromatic carbocycles. The first-order valence-corrected chi connectivity index (χ1v) is 2.44. The molecule has 0 aliphatic carbocycles. The molecule has 0 heterocycles. The van der Waals surface area contributed by atoms with Gasteiger partial charge in [-0.05, 0) is 0 Å².